The van der Waals surface area contributed by atoms with Gasteiger partial charge in [0.15, 0.2) is 0 Å². The molecule has 174 valence electrons. The van der Waals surface area contributed by atoms with E-state index >= 15 is 0 Å². The molecule has 1 aromatic carbocycles. The van der Waals surface area contributed by atoms with Crippen LogP contribution in [0.1, 0.15) is 53.3 Å². The number of hydrogen-bond acceptors (Lipinski definition) is 4. The fourth-order valence-corrected chi connectivity index (χ4v) is 6.05. The van der Waals surface area contributed by atoms with Crippen LogP contribution in [-0.4, -0.2) is 35.9 Å². The van der Waals surface area contributed by atoms with Crippen LogP contribution in [0.3, 0.4) is 0 Å². The van der Waals surface area contributed by atoms with Crippen LogP contribution in [-0.2, 0) is 20.5 Å². The van der Waals surface area contributed by atoms with E-state index in [1.165, 1.54) is 18.2 Å². The van der Waals surface area contributed by atoms with Crippen molar-refractivity contribution in [2.75, 3.05) is 5.32 Å². The molecule has 9 heteroatoms. The van der Waals surface area contributed by atoms with Crippen LogP contribution in [0.5, 0.6) is 0 Å². The topological polar surface area (TPSA) is 85.0 Å². The zero-order chi connectivity index (χ0) is 23.3. The first-order valence-electron chi connectivity index (χ1n) is 11.2. The predicted octanol–water partition coefficient (Wildman–Crippen LogP) is 4.08. The van der Waals surface area contributed by atoms with Gasteiger partial charge in [-0.1, -0.05) is 11.6 Å². The molecule has 2 atom stereocenters. The van der Waals surface area contributed by atoms with E-state index < -0.39 is 11.4 Å². The van der Waals surface area contributed by atoms with Gasteiger partial charge in [0.2, 0.25) is 0 Å². The number of aromatic nitrogens is 4. The first-order valence-corrected chi connectivity index (χ1v) is 11.6. The Hall–Kier alpha value is -2.71. The number of aliphatic hydroxyl groups is 1. The normalized spacial score (nSPS) is 26.5. The van der Waals surface area contributed by atoms with E-state index in [0.717, 1.165) is 36.9 Å². The quantitative estimate of drug-likeness (QED) is 0.587. The molecule has 2 aliphatic rings. The highest BCUT2D eigenvalue weighted by atomic mass is 35.5. The lowest BCUT2D eigenvalue weighted by atomic mass is 9.88. The number of amides is 1. The lowest BCUT2D eigenvalue weighted by Crippen LogP contribution is -2.28. The SMILES string of the molecule is Cn1cc(CC2(O)CC3CC(c4ncn(C)c4C(=O)Nc4ccc(F)c(Cl)c4)CC3C2)cn1. The molecule has 5 rings (SSSR count). The second kappa shape index (κ2) is 8.25. The molecule has 2 heterocycles. The Morgan fingerprint density at radius 3 is 2.67 bits per heavy atom. The van der Waals surface area contributed by atoms with Gasteiger partial charge in [-0.15, -0.1) is 0 Å². The monoisotopic (exact) mass is 471 g/mol. The first kappa shape index (κ1) is 22.1. The zero-order valence-electron chi connectivity index (χ0n) is 18.6. The maximum absolute atomic E-state index is 13.5. The van der Waals surface area contributed by atoms with Crippen LogP contribution >= 0.6 is 11.6 Å². The summed E-state index contributed by atoms with van der Waals surface area (Å²) in [6.45, 7) is 0. The number of nitrogens with zero attached hydrogens (tertiary/aromatic N) is 4. The highest BCUT2D eigenvalue weighted by molar-refractivity contribution is 6.31. The number of halogens is 2. The molecule has 0 aliphatic heterocycles. The average molecular weight is 472 g/mol. The summed E-state index contributed by atoms with van der Waals surface area (Å²) in [4.78, 5) is 17.6. The van der Waals surface area contributed by atoms with Gasteiger partial charge in [0.25, 0.3) is 5.91 Å². The molecule has 2 unspecified atom stereocenters. The summed E-state index contributed by atoms with van der Waals surface area (Å²) in [6, 6.07) is 4.11. The van der Waals surface area contributed by atoms with Gasteiger partial charge in [0, 0.05) is 38.3 Å². The Kier molecular flexibility index (Phi) is 5.53. The van der Waals surface area contributed by atoms with E-state index in [1.54, 1.807) is 22.6 Å². The highest BCUT2D eigenvalue weighted by Gasteiger charge is 2.49. The van der Waals surface area contributed by atoms with Crippen molar-refractivity contribution >= 4 is 23.2 Å². The van der Waals surface area contributed by atoms with Gasteiger partial charge in [-0.3, -0.25) is 9.48 Å². The van der Waals surface area contributed by atoms with Crippen LogP contribution in [0.25, 0.3) is 0 Å². The number of anilines is 1. The van der Waals surface area contributed by atoms with E-state index in [0.29, 0.717) is 29.6 Å². The molecule has 0 saturated heterocycles. The molecule has 1 amide bonds. The van der Waals surface area contributed by atoms with Crippen LogP contribution in [0.15, 0.2) is 36.9 Å². The van der Waals surface area contributed by atoms with Crippen molar-refractivity contribution in [3.63, 3.8) is 0 Å². The molecule has 2 aliphatic carbocycles. The van der Waals surface area contributed by atoms with Gasteiger partial charge in [0.1, 0.15) is 11.5 Å². The van der Waals surface area contributed by atoms with Crippen molar-refractivity contribution < 1.29 is 14.3 Å². The lowest BCUT2D eigenvalue weighted by Gasteiger charge is -2.24. The molecule has 7 nitrogen and oxygen atoms in total. The second-order valence-corrected chi connectivity index (χ2v) is 10.1. The molecule has 0 spiro atoms. The van der Waals surface area contributed by atoms with Crippen molar-refractivity contribution in [1.82, 2.24) is 19.3 Å². The standard InChI is InChI=1S/C24H27ClFN5O2/c1-30-13-27-21(22(30)23(32)29-18-3-4-20(26)19(25)7-18)15-5-16-9-24(33,10-17(16)6-15)8-14-11-28-31(2)12-14/h3-4,7,11-13,15-17,33H,5-6,8-10H2,1-2H3,(H,29,32). The highest BCUT2D eigenvalue weighted by Crippen LogP contribution is 2.54. The Balaban J connectivity index is 1.28. The zero-order valence-corrected chi connectivity index (χ0v) is 19.4. The number of nitrogens with one attached hydrogen (secondary N) is 1. The number of imidazole rings is 1. The molecule has 2 fully saturated rings. The third kappa shape index (κ3) is 4.29. The van der Waals surface area contributed by atoms with Crippen LogP contribution < -0.4 is 5.32 Å². The van der Waals surface area contributed by atoms with Gasteiger partial charge >= 0.3 is 0 Å². The molecule has 0 bridgehead atoms. The summed E-state index contributed by atoms with van der Waals surface area (Å²) in [6.07, 6.45) is 9.38. The Labute approximate surface area is 196 Å². The number of carbonyl (C=O) groups is 1. The fraction of sp³-hybridized carbons (Fsp3) is 0.458. The Bertz CT molecular complexity index is 1190. The van der Waals surface area contributed by atoms with Crippen molar-refractivity contribution in [2.24, 2.45) is 25.9 Å². The van der Waals surface area contributed by atoms with Gasteiger partial charge in [-0.2, -0.15) is 5.10 Å². The van der Waals surface area contributed by atoms with Gasteiger partial charge in [-0.05, 0) is 61.3 Å². The fourth-order valence-electron chi connectivity index (χ4n) is 5.87. The average Bonchev–Trinajstić information content (AvgIpc) is 3.48. The minimum absolute atomic E-state index is 0.0413. The summed E-state index contributed by atoms with van der Waals surface area (Å²) in [5, 5.41) is 18.2. The Morgan fingerprint density at radius 1 is 1.30 bits per heavy atom. The molecular weight excluding hydrogens is 445 g/mol. The maximum Gasteiger partial charge on any atom is 0.274 e. The summed E-state index contributed by atoms with van der Waals surface area (Å²) in [7, 11) is 3.68. The van der Waals surface area contributed by atoms with Crippen molar-refractivity contribution in [1.29, 1.82) is 0 Å². The van der Waals surface area contributed by atoms with Crippen molar-refractivity contribution in [2.45, 2.75) is 43.6 Å². The van der Waals surface area contributed by atoms with Crippen LogP contribution in [0.4, 0.5) is 10.1 Å². The molecule has 33 heavy (non-hydrogen) atoms. The molecule has 3 aromatic rings. The van der Waals surface area contributed by atoms with Gasteiger partial charge in [-0.25, -0.2) is 9.37 Å². The lowest BCUT2D eigenvalue weighted by molar-refractivity contribution is 0.0385. The first-order chi connectivity index (χ1) is 15.7. The molecule has 2 aromatic heterocycles. The largest absolute Gasteiger partial charge is 0.390 e. The summed E-state index contributed by atoms with van der Waals surface area (Å²) in [5.41, 5.74) is 2.08. The van der Waals surface area contributed by atoms with E-state index in [9.17, 15) is 14.3 Å². The number of aryl methyl sites for hydroxylation is 2. The van der Waals surface area contributed by atoms with E-state index in [2.05, 4.69) is 15.4 Å². The summed E-state index contributed by atoms with van der Waals surface area (Å²) < 4.78 is 16.9. The predicted molar refractivity (Wildman–Crippen MR) is 123 cm³/mol. The van der Waals surface area contributed by atoms with E-state index in [4.69, 9.17) is 11.6 Å². The van der Waals surface area contributed by atoms with Crippen LogP contribution in [0.2, 0.25) is 5.02 Å². The van der Waals surface area contributed by atoms with Crippen LogP contribution in [0, 0.1) is 17.7 Å². The Morgan fingerprint density at radius 2 is 2.03 bits per heavy atom. The number of fused-ring (bicyclic) bond motifs is 1. The molecule has 0 radical (unpaired) electrons. The third-order valence-electron chi connectivity index (χ3n) is 7.16. The maximum atomic E-state index is 13.5. The van der Waals surface area contributed by atoms with E-state index in [1.807, 2.05) is 19.4 Å². The van der Waals surface area contributed by atoms with Crippen molar-refractivity contribution in [3.8, 4) is 0 Å². The summed E-state index contributed by atoms with van der Waals surface area (Å²) >= 11 is 5.85. The number of benzene rings is 1. The molecule has 2 saturated carbocycles. The van der Waals surface area contributed by atoms with Crippen molar-refractivity contribution in [3.05, 3.63) is 64.7 Å². The van der Waals surface area contributed by atoms with E-state index in [-0.39, 0.29) is 16.8 Å². The molecule has 2 N–H and O–H groups in total. The van der Waals surface area contributed by atoms with Gasteiger partial charge in [0.05, 0.1) is 28.8 Å². The number of rotatable bonds is 5. The third-order valence-corrected chi connectivity index (χ3v) is 7.45. The van der Waals surface area contributed by atoms with Gasteiger partial charge < -0.3 is 15.0 Å². The smallest absolute Gasteiger partial charge is 0.274 e. The minimum Gasteiger partial charge on any atom is -0.390 e. The molecular formula is C24H27ClFN5O2. The summed E-state index contributed by atoms with van der Waals surface area (Å²) in [5.74, 6) is 0.160. The second-order valence-electron chi connectivity index (χ2n) is 9.69. The number of carbonyl (C=O) groups excluding carboxylic acids is 1. The minimum atomic E-state index is -0.699. The number of hydrogen-bond donors (Lipinski definition) is 2.